The van der Waals surface area contributed by atoms with Crippen molar-refractivity contribution in [2.75, 3.05) is 18.8 Å². The van der Waals surface area contributed by atoms with Crippen LogP contribution in [0.4, 0.5) is 5.82 Å². The third-order valence-electron chi connectivity index (χ3n) is 7.24. The van der Waals surface area contributed by atoms with Gasteiger partial charge in [0.05, 0.1) is 23.7 Å². The van der Waals surface area contributed by atoms with Gasteiger partial charge in [0.15, 0.2) is 11.5 Å². The van der Waals surface area contributed by atoms with Crippen LogP contribution in [0.2, 0.25) is 0 Å². The van der Waals surface area contributed by atoms with E-state index in [0.717, 1.165) is 29.7 Å². The largest absolute Gasteiger partial charge is 0.457 e. The van der Waals surface area contributed by atoms with Gasteiger partial charge in [-0.3, -0.25) is 4.79 Å². The lowest BCUT2D eigenvalue weighted by molar-refractivity contribution is -0.134. The Kier molecular flexibility index (Phi) is 7.11. The van der Waals surface area contributed by atoms with Crippen molar-refractivity contribution in [3.8, 4) is 22.9 Å². The van der Waals surface area contributed by atoms with E-state index in [1.807, 2.05) is 94.5 Å². The molecule has 1 saturated heterocycles. The van der Waals surface area contributed by atoms with Crippen molar-refractivity contribution in [2.24, 2.45) is 5.73 Å². The Hall–Kier alpha value is -4.76. The lowest BCUT2D eigenvalue weighted by atomic mass is 10.0. The van der Waals surface area contributed by atoms with Crippen molar-refractivity contribution in [2.45, 2.75) is 31.3 Å². The summed E-state index contributed by atoms with van der Waals surface area (Å²) in [6.45, 7) is 1.19. The van der Waals surface area contributed by atoms with Gasteiger partial charge in [-0.05, 0) is 61.2 Å². The molecule has 2 aromatic heterocycles. The van der Waals surface area contributed by atoms with Crippen molar-refractivity contribution >= 4 is 22.8 Å². The molecule has 202 valence electrons. The first-order chi connectivity index (χ1) is 19.5. The molecule has 0 saturated carbocycles. The van der Waals surface area contributed by atoms with E-state index in [1.165, 1.54) is 0 Å². The SMILES string of the molecule is Nc1nc(-c2ccc(Oc3ccccc3)cc2)nc2c1cnn2[C@@H]1CCCN(C(=O)[C@H](N)Cc2ccccc2)C1. The van der Waals surface area contributed by atoms with Gasteiger partial charge in [-0.15, -0.1) is 0 Å². The van der Waals surface area contributed by atoms with Crippen LogP contribution >= 0.6 is 0 Å². The minimum Gasteiger partial charge on any atom is -0.457 e. The van der Waals surface area contributed by atoms with Crippen LogP contribution in [0.15, 0.2) is 91.1 Å². The molecule has 40 heavy (non-hydrogen) atoms. The average molecular weight is 534 g/mol. The number of nitrogen functional groups attached to an aromatic ring is 1. The maximum absolute atomic E-state index is 13.2. The summed E-state index contributed by atoms with van der Waals surface area (Å²) in [5, 5.41) is 5.32. The molecule has 2 atom stereocenters. The van der Waals surface area contributed by atoms with E-state index < -0.39 is 6.04 Å². The Morgan fingerprint density at radius 3 is 2.40 bits per heavy atom. The van der Waals surface area contributed by atoms with Gasteiger partial charge in [-0.25, -0.2) is 14.6 Å². The van der Waals surface area contributed by atoms with Gasteiger partial charge in [-0.2, -0.15) is 5.10 Å². The first kappa shape index (κ1) is 25.5. The number of aromatic nitrogens is 4. The monoisotopic (exact) mass is 533 g/mol. The van der Waals surface area contributed by atoms with E-state index in [0.29, 0.717) is 47.9 Å². The van der Waals surface area contributed by atoms with Gasteiger partial charge in [0.2, 0.25) is 5.91 Å². The summed E-state index contributed by atoms with van der Waals surface area (Å²) in [6, 6.07) is 26.4. The lowest BCUT2D eigenvalue weighted by Crippen LogP contribution is -2.49. The van der Waals surface area contributed by atoms with Crippen molar-refractivity contribution < 1.29 is 9.53 Å². The Balaban J connectivity index is 1.21. The zero-order valence-electron chi connectivity index (χ0n) is 22.1. The predicted octanol–water partition coefficient (Wildman–Crippen LogP) is 4.60. The highest BCUT2D eigenvalue weighted by Crippen LogP contribution is 2.30. The van der Waals surface area contributed by atoms with E-state index >= 15 is 0 Å². The van der Waals surface area contributed by atoms with Gasteiger partial charge in [0.1, 0.15) is 17.3 Å². The zero-order valence-corrected chi connectivity index (χ0v) is 22.1. The molecule has 0 unspecified atom stereocenters. The van der Waals surface area contributed by atoms with Crippen molar-refractivity contribution in [1.29, 1.82) is 0 Å². The van der Waals surface area contributed by atoms with Gasteiger partial charge in [0.25, 0.3) is 0 Å². The predicted molar refractivity (Wildman–Crippen MR) is 155 cm³/mol. The van der Waals surface area contributed by atoms with Crippen molar-refractivity contribution in [1.82, 2.24) is 24.6 Å². The van der Waals surface area contributed by atoms with E-state index in [2.05, 4.69) is 10.1 Å². The molecule has 5 aromatic rings. The number of carbonyl (C=O) groups is 1. The average Bonchev–Trinajstić information content (AvgIpc) is 3.43. The fraction of sp³-hybridized carbons (Fsp3) is 0.226. The maximum atomic E-state index is 13.2. The van der Waals surface area contributed by atoms with Crippen LogP contribution in [0, 0.1) is 0 Å². The summed E-state index contributed by atoms with van der Waals surface area (Å²) in [4.78, 5) is 24.5. The van der Waals surface area contributed by atoms with Crippen LogP contribution in [-0.2, 0) is 11.2 Å². The fourth-order valence-electron chi connectivity index (χ4n) is 5.18. The first-order valence-electron chi connectivity index (χ1n) is 13.5. The Morgan fingerprint density at radius 1 is 0.950 bits per heavy atom. The summed E-state index contributed by atoms with van der Waals surface area (Å²) >= 11 is 0. The van der Waals surface area contributed by atoms with E-state index in [-0.39, 0.29) is 11.9 Å². The molecular weight excluding hydrogens is 502 g/mol. The number of rotatable bonds is 7. The molecular formula is C31H31N7O2. The summed E-state index contributed by atoms with van der Waals surface area (Å²) in [7, 11) is 0. The minimum absolute atomic E-state index is 0.0390. The zero-order chi connectivity index (χ0) is 27.5. The number of piperidine rings is 1. The van der Waals surface area contributed by atoms with Gasteiger partial charge in [-0.1, -0.05) is 48.5 Å². The number of amides is 1. The van der Waals surface area contributed by atoms with Crippen molar-refractivity contribution in [3.05, 3.63) is 96.7 Å². The highest BCUT2D eigenvalue weighted by molar-refractivity contribution is 5.87. The smallest absolute Gasteiger partial charge is 0.239 e. The summed E-state index contributed by atoms with van der Waals surface area (Å²) in [5.41, 5.74) is 15.2. The van der Waals surface area contributed by atoms with E-state index in [9.17, 15) is 4.79 Å². The highest BCUT2D eigenvalue weighted by atomic mass is 16.5. The molecule has 0 bridgehead atoms. The maximum Gasteiger partial charge on any atom is 0.239 e. The van der Waals surface area contributed by atoms with Crippen LogP contribution < -0.4 is 16.2 Å². The highest BCUT2D eigenvalue weighted by Gasteiger charge is 2.30. The third-order valence-corrected chi connectivity index (χ3v) is 7.24. The van der Waals surface area contributed by atoms with Gasteiger partial charge >= 0.3 is 0 Å². The summed E-state index contributed by atoms with van der Waals surface area (Å²) in [6.07, 6.45) is 3.94. The molecule has 1 aliphatic heterocycles. The van der Waals surface area contributed by atoms with E-state index in [4.69, 9.17) is 21.2 Å². The van der Waals surface area contributed by atoms with Crippen LogP contribution in [-0.4, -0.2) is 49.7 Å². The number of nitrogens with two attached hydrogens (primary N) is 2. The number of hydrogen-bond acceptors (Lipinski definition) is 7. The number of likely N-dealkylation sites (tertiary alicyclic amines) is 1. The fourth-order valence-corrected chi connectivity index (χ4v) is 5.18. The second-order valence-corrected chi connectivity index (χ2v) is 10.1. The normalized spacial score (nSPS) is 16.1. The molecule has 9 nitrogen and oxygen atoms in total. The number of nitrogens with zero attached hydrogens (tertiary/aromatic N) is 5. The Bertz CT molecular complexity index is 1600. The molecule has 1 amide bonds. The van der Waals surface area contributed by atoms with Gasteiger partial charge < -0.3 is 21.1 Å². The van der Waals surface area contributed by atoms with Crippen LogP contribution in [0.1, 0.15) is 24.4 Å². The molecule has 1 aliphatic rings. The van der Waals surface area contributed by atoms with Crippen LogP contribution in [0.5, 0.6) is 11.5 Å². The van der Waals surface area contributed by atoms with E-state index in [1.54, 1.807) is 6.20 Å². The topological polar surface area (TPSA) is 125 Å². The molecule has 4 N–H and O–H groups in total. The first-order valence-corrected chi connectivity index (χ1v) is 13.5. The third kappa shape index (κ3) is 5.37. The molecule has 0 aliphatic carbocycles. The molecule has 6 rings (SSSR count). The quantitative estimate of drug-likeness (QED) is 0.313. The standard InChI is InChI=1S/C31H31N7O2/c32-27(18-21-8-3-1-4-9-21)31(39)37-17-7-10-23(20-37)38-30-26(19-34-38)28(33)35-29(36-30)22-13-15-25(16-14-22)40-24-11-5-2-6-12-24/h1-6,8-9,11-16,19,23,27H,7,10,17-18,20,32H2,(H2,33,35,36)/t23-,27-/m1/s1. The number of carbonyl (C=O) groups excluding carboxylic acids is 1. The minimum atomic E-state index is -0.589. The molecule has 3 heterocycles. The number of anilines is 1. The number of fused-ring (bicyclic) bond motifs is 1. The van der Waals surface area contributed by atoms with Crippen molar-refractivity contribution in [3.63, 3.8) is 0 Å². The molecule has 0 radical (unpaired) electrons. The summed E-state index contributed by atoms with van der Waals surface area (Å²) < 4.78 is 7.79. The molecule has 3 aromatic carbocycles. The second-order valence-electron chi connectivity index (χ2n) is 10.1. The number of benzene rings is 3. The van der Waals surface area contributed by atoms with Gasteiger partial charge in [0, 0.05) is 18.7 Å². The second kappa shape index (κ2) is 11.2. The molecule has 1 fully saturated rings. The summed E-state index contributed by atoms with van der Waals surface area (Å²) in [5.74, 6) is 2.31. The number of ether oxygens (including phenoxy) is 1. The van der Waals surface area contributed by atoms with Crippen LogP contribution in [0.25, 0.3) is 22.4 Å². The molecule has 0 spiro atoms. The Labute approximate surface area is 232 Å². The Morgan fingerprint density at radius 2 is 1.65 bits per heavy atom. The lowest BCUT2D eigenvalue weighted by Gasteiger charge is -2.34. The van der Waals surface area contributed by atoms with Crippen LogP contribution in [0.3, 0.4) is 0 Å². The molecule has 9 heteroatoms. The number of para-hydroxylation sites is 1. The number of hydrogen-bond donors (Lipinski definition) is 2.